The largest absolute Gasteiger partial charge is 0.358 e. The average molecular weight is 270 g/mol. The molecule has 20 heavy (non-hydrogen) atoms. The number of carbonyl (C=O) groups excluding carboxylic acids is 1. The summed E-state index contributed by atoms with van der Waals surface area (Å²) in [7, 11) is 0. The highest BCUT2D eigenvalue weighted by Gasteiger charge is 2.25. The Balaban J connectivity index is 1.70. The van der Waals surface area contributed by atoms with Gasteiger partial charge in [-0.15, -0.1) is 0 Å². The Labute approximate surface area is 120 Å². The summed E-state index contributed by atoms with van der Waals surface area (Å²) in [6.45, 7) is 5.73. The summed E-state index contributed by atoms with van der Waals surface area (Å²) in [5.74, 6) is 0.957. The van der Waals surface area contributed by atoms with Crippen molar-refractivity contribution in [3.8, 4) is 0 Å². The molecule has 3 heteroatoms. The van der Waals surface area contributed by atoms with Crippen molar-refractivity contribution >= 4 is 16.8 Å². The highest BCUT2D eigenvalue weighted by molar-refractivity contribution is 5.80. The highest BCUT2D eigenvalue weighted by Crippen LogP contribution is 2.30. The zero-order chi connectivity index (χ0) is 14.1. The van der Waals surface area contributed by atoms with Crippen molar-refractivity contribution in [3.05, 3.63) is 36.0 Å². The van der Waals surface area contributed by atoms with E-state index in [2.05, 4.69) is 35.3 Å². The standard InChI is InChI=1S/C17H22N2O/c1-12(2)17(20)19-9-7-13(8-10-19)16-11-14-5-3-4-6-15(14)18-16/h3-6,11-13,18H,7-10H2,1-2H3. The lowest BCUT2D eigenvalue weighted by molar-refractivity contribution is -0.135. The molecule has 0 spiro atoms. The van der Waals surface area contributed by atoms with E-state index in [0.717, 1.165) is 25.9 Å². The Morgan fingerprint density at radius 3 is 2.60 bits per heavy atom. The molecule has 1 N–H and O–H groups in total. The van der Waals surface area contributed by atoms with E-state index in [0.29, 0.717) is 11.8 Å². The second kappa shape index (κ2) is 5.31. The Bertz CT molecular complexity index is 573. The maximum atomic E-state index is 12.0. The first-order chi connectivity index (χ1) is 9.65. The van der Waals surface area contributed by atoms with Crippen LogP contribution in [0.2, 0.25) is 0 Å². The number of hydrogen-bond acceptors (Lipinski definition) is 1. The molecular weight excluding hydrogens is 248 g/mol. The topological polar surface area (TPSA) is 36.1 Å². The third-order valence-corrected chi connectivity index (χ3v) is 4.29. The lowest BCUT2D eigenvalue weighted by Gasteiger charge is -2.32. The number of hydrogen-bond donors (Lipinski definition) is 1. The fourth-order valence-corrected chi connectivity index (χ4v) is 3.09. The van der Waals surface area contributed by atoms with Crippen LogP contribution in [0, 0.1) is 5.92 Å². The average Bonchev–Trinajstić information content (AvgIpc) is 2.90. The number of likely N-dealkylation sites (tertiary alicyclic amines) is 1. The number of nitrogens with one attached hydrogen (secondary N) is 1. The molecule has 1 aliphatic heterocycles. The van der Waals surface area contributed by atoms with Crippen LogP contribution >= 0.6 is 0 Å². The number of fused-ring (bicyclic) bond motifs is 1. The summed E-state index contributed by atoms with van der Waals surface area (Å²) >= 11 is 0. The third kappa shape index (κ3) is 2.45. The van der Waals surface area contributed by atoms with Crippen molar-refractivity contribution in [1.29, 1.82) is 0 Å². The molecule has 0 saturated carbocycles. The van der Waals surface area contributed by atoms with E-state index in [1.165, 1.54) is 16.6 Å². The first-order valence-electron chi connectivity index (χ1n) is 7.51. The molecule has 0 aliphatic carbocycles. The van der Waals surface area contributed by atoms with E-state index < -0.39 is 0 Å². The van der Waals surface area contributed by atoms with E-state index in [9.17, 15) is 4.79 Å². The van der Waals surface area contributed by atoms with Crippen LogP contribution in [0.1, 0.15) is 38.3 Å². The van der Waals surface area contributed by atoms with Gasteiger partial charge < -0.3 is 9.88 Å². The van der Waals surface area contributed by atoms with Gasteiger partial charge in [-0.1, -0.05) is 32.0 Å². The zero-order valence-electron chi connectivity index (χ0n) is 12.2. The number of aromatic amines is 1. The summed E-state index contributed by atoms with van der Waals surface area (Å²) in [6, 6.07) is 10.7. The molecule has 1 aromatic carbocycles. The second-order valence-corrected chi connectivity index (χ2v) is 6.07. The molecular formula is C17H22N2O. The maximum absolute atomic E-state index is 12.0. The second-order valence-electron chi connectivity index (χ2n) is 6.07. The minimum atomic E-state index is 0.111. The predicted molar refractivity (Wildman–Crippen MR) is 81.7 cm³/mol. The van der Waals surface area contributed by atoms with Crippen LogP contribution in [-0.2, 0) is 4.79 Å². The maximum Gasteiger partial charge on any atom is 0.225 e. The van der Waals surface area contributed by atoms with Crippen molar-refractivity contribution < 1.29 is 4.79 Å². The number of piperidine rings is 1. The molecule has 1 aromatic heterocycles. The predicted octanol–water partition coefficient (Wildman–Crippen LogP) is 3.53. The van der Waals surface area contributed by atoms with Crippen LogP contribution in [0.25, 0.3) is 10.9 Å². The fourth-order valence-electron chi connectivity index (χ4n) is 3.09. The fraction of sp³-hybridized carbons (Fsp3) is 0.471. The van der Waals surface area contributed by atoms with Gasteiger partial charge in [-0.25, -0.2) is 0 Å². The number of rotatable bonds is 2. The van der Waals surface area contributed by atoms with Crippen LogP contribution in [0.3, 0.4) is 0 Å². The van der Waals surface area contributed by atoms with Gasteiger partial charge in [0.1, 0.15) is 0 Å². The molecule has 2 heterocycles. The molecule has 1 fully saturated rings. The normalized spacial score (nSPS) is 17.1. The monoisotopic (exact) mass is 270 g/mol. The van der Waals surface area contributed by atoms with Gasteiger partial charge in [0.25, 0.3) is 0 Å². The minimum absolute atomic E-state index is 0.111. The van der Waals surface area contributed by atoms with Gasteiger partial charge in [0.05, 0.1) is 0 Å². The van der Waals surface area contributed by atoms with Crippen molar-refractivity contribution in [2.75, 3.05) is 13.1 Å². The van der Waals surface area contributed by atoms with Crippen LogP contribution in [-0.4, -0.2) is 28.9 Å². The van der Waals surface area contributed by atoms with Gasteiger partial charge in [0, 0.05) is 36.1 Å². The van der Waals surface area contributed by atoms with Gasteiger partial charge >= 0.3 is 0 Å². The SMILES string of the molecule is CC(C)C(=O)N1CCC(c2cc3ccccc3[nH]2)CC1. The van der Waals surface area contributed by atoms with E-state index in [4.69, 9.17) is 0 Å². The number of carbonyl (C=O) groups is 1. The molecule has 3 rings (SSSR count). The Morgan fingerprint density at radius 1 is 1.25 bits per heavy atom. The smallest absolute Gasteiger partial charge is 0.225 e. The zero-order valence-corrected chi connectivity index (χ0v) is 12.2. The molecule has 1 aliphatic rings. The number of amides is 1. The van der Waals surface area contributed by atoms with E-state index in [1.54, 1.807) is 0 Å². The highest BCUT2D eigenvalue weighted by atomic mass is 16.2. The number of nitrogens with zero attached hydrogens (tertiary/aromatic N) is 1. The molecule has 0 unspecified atom stereocenters. The van der Waals surface area contributed by atoms with Gasteiger partial charge in [-0.05, 0) is 30.4 Å². The quantitative estimate of drug-likeness (QED) is 0.890. The first kappa shape index (κ1) is 13.2. The summed E-state index contributed by atoms with van der Waals surface area (Å²) < 4.78 is 0. The Hall–Kier alpha value is -1.77. The number of para-hydroxylation sites is 1. The number of aromatic nitrogens is 1. The van der Waals surface area contributed by atoms with Crippen LogP contribution in [0.15, 0.2) is 30.3 Å². The lowest BCUT2D eigenvalue weighted by Crippen LogP contribution is -2.40. The van der Waals surface area contributed by atoms with Crippen molar-refractivity contribution in [1.82, 2.24) is 9.88 Å². The van der Waals surface area contributed by atoms with E-state index in [-0.39, 0.29) is 5.92 Å². The third-order valence-electron chi connectivity index (χ3n) is 4.29. The molecule has 3 nitrogen and oxygen atoms in total. The van der Waals surface area contributed by atoms with Crippen molar-refractivity contribution in [2.24, 2.45) is 5.92 Å². The Kier molecular flexibility index (Phi) is 3.51. The Morgan fingerprint density at radius 2 is 1.95 bits per heavy atom. The van der Waals surface area contributed by atoms with Gasteiger partial charge in [-0.2, -0.15) is 0 Å². The summed E-state index contributed by atoms with van der Waals surface area (Å²) in [5.41, 5.74) is 2.53. The molecule has 0 atom stereocenters. The molecule has 1 saturated heterocycles. The van der Waals surface area contributed by atoms with Crippen molar-refractivity contribution in [2.45, 2.75) is 32.6 Å². The van der Waals surface area contributed by atoms with E-state index in [1.807, 2.05) is 18.7 Å². The first-order valence-corrected chi connectivity index (χ1v) is 7.51. The van der Waals surface area contributed by atoms with Crippen LogP contribution in [0.5, 0.6) is 0 Å². The van der Waals surface area contributed by atoms with Crippen molar-refractivity contribution in [3.63, 3.8) is 0 Å². The summed E-state index contributed by atoms with van der Waals surface area (Å²) in [6.07, 6.45) is 2.12. The lowest BCUT2D eigenvalue weighted by atomic mass is 9.93. The molecule has 1 amide bonds. The molecule has 0 radical (unpaired) electrons. The van der Waals surface area contributed by atoms with Gasteiger partial charge in [0.2, 0.25) is 5.91 Å². The van der Waals surface area contributed by atoms with E-state index >= 15 is 0 Å². The van der Waals surface area contributed by atoms with Crippen LogP contribution in [0.4, 0.5) is 0 Å². The summed E-state index contributed by atoms with van der Waals surface area (Å²) in [4.78, 5) is 17.5. The minimum Gasteiger partial charge on any atom is -0.358 e. The molecule has 2 aromatic rings. The number of H-pyrrole nitrogens is 1. The molecule has 0 bridgehead atoms. The number of benzene rings is 1. The molecule has 106 valence electrons. The van der Waals surface area contributed by atoms with Gasteiger partial charge in [0.15, 0.2) is 0 Å². The summed E-state index contributed by atoms with van der Waals surface area (Å²) in [5, 5.41) is 1.28. The van der Waals surface area contributed by atoms with Crippen LogP contribution < -0.4 is 0 Å². The van der Waals surface area contributed by atoms with Gasteiger partial charge in [-0.3, -0.25) is 4.79 Å².